The second kappa shape index (κ2) is 8.93. The molecule has 4 rings (SSSR count). The molecule has 1 aromatic carbocycles. The standard InChI is InChI=1S/C20H27N7O2/c1-2-29-16-9-7-8-15(17(16)28)14-21-25-18-22-19(26-10-3-4-11-26)24-20(23-18)27-12-5-6-13-27/h7-9,14,28H,2-6,10-13H2,1H3,(H,22,23,24,25). The summed E-state index contributed by atoms with van der Waals surface area (Å²) in [6.07, 6.45) is 6.15. The number of hydrazone groups is 1. The Balaban J connectivity index is 1.54. The van der Waals surface area contributed by atoms with Crippen molar-refractivity contribution in [2.45, 2.75) is 32.6 Å². The number of aromatic hydroxyl groups is 1. The summed E-state index contributed by atoms with van der Waals surface area (Å²) in [7, 11) is 0. The third-order valence-electron chi connectivity index (χ3n) is 5.09. The number of aromatic nitrogens is 3. The second-order valence-electron chi connectivity index (χ2n) is 7.14. The summed E-state index contributed by atoms with van der Waals surface area (Å²) in [5, 5.41) is 14.5. The minimum atomic E-state index is 0.0612. The number of hydrogen-bond acceptors (Lipinski definition) is 9. The third-order valence-corrected chi connectivity index (χ3v) is 5.09. The predicted molar refractivity (Wildman–Crippen MR) is 113 cm³/mol. The van der Waals surface area contributed by atoms with Crippen molar-refractivity contribution in [1.82, 2.24) is 15.0 Å². The van der Waals surface area contributed by atoms with Crippen LogP contribution < -0.4 is 20.0 Å². The second-order valence-corrected chi connectivity index (χ2v) is 7.14. The number of benzene rings is 1. The van der Waals surface area contributed by atoms with Gasteiger partial charge in [-0.25, -0.2) is 5.43 Å². The van der Waals surface area contributed by atoms with Gasteiger partial charge in [0.05, 0.1) is 12.8 Å². The van der Waals surface area contributed by atoms with Crippen LogP contribution in [0.3, 0.4) is 0 Å². The van der Waals surface area contributed by atoms with Gasteiger partial charge in [-0.05, 0) is 44.7 Å². The van der Waals surface area contributed by atoms with Gasteiger partial charge in [0.1, 0.15) is 0 Å². The van der Waals surface area contributed by atoms with Crippen LogP contribution in [0.1, 0.15) is 38.2 Å². The molecule has 0 amide bonds. The normalized spacial score (nSPS) is 16.7. The average Bonchev–Trinajstić information content (AvgIpc) is 3.45. The van der Waals surface area contributed by atoms with Gasteiger partial charge in [-0.2, -0.15) is 20.1 Å². The molecule has 2 saturated heterocycles. The van der Waals surface area contributed by atoms with Crippen LogP contribution in [0.5, 0.6) is 11.5 Å². The van der Waals surface area contributed by atoms with E-state index in [0.717, 1.165) is 51.9 Å². The largest absolute Gasteiger partial charge is 0.504 e. The number of ether oxygens (including phenoxy) is 1. The zero-order chi connectivity index (χ0) is 20.1. The van der Waals surface area contributed by atoms with Crippen molar-refractivity contribution < 1.29 is 9.84 Å². The summed E-state index contributed by atoms with van der Waals surface area (Å²) in [6, 6.07) is 5.30. The number of nitrogens with zero attached hydrogens (tertiary/aromatic N) is 6. The van der Waals surface area contributed by atoms with Gasteiger partial charge in [0, 0.05) is 31.7 Å². The molecule has 154 valence electrons. The van der Waals surface area contributed by atoms with Crippen LogP contribution in [0, 0.1) is 0 Å². The van der Waals surface area contributed by atoms with E-state index in [2.05, 4.69) is 30.3 Å². The van der Waals surface area contributed by atoms with Gasteiger partial charge in [-0.1, -0.05) is 6.07 Å². The summed E-state index contributed by atoms with van der Waals surface area (Å²) in [5.74, 6) is 2.28. The molecule has 0 unspecified atom stereocenters. The monoisotopic (exact) mass is 397 g/mol. The van der Waals surface area contributed by atoms with E-state index in [-0.39, 0.29) is 5.75 Å². The Kier molecular flexibility index (Phi) is 5.92. The molecule has 2 N–H and O–H groups in total. The van der Waals surface area contributed by atoms with Crippen LogP contribution in [0.25, 0.3) is 0 Å². The van der Waals surface area contributed by atoms with Crippen molar-refractivity contribution in [2.75, 3.05) is 48.0 Å². The molecule has 29 heavy (non-hydrogen) atoms. The van der Waals surface area contributed by atoms with Gasteiger partial charge in [0.15, 0.2) is 11.5 Å². The Morgan fingerprint density at radius 2 is 1.66 bits per heavy atom. The highest BCUT2D eigenvalue weighted by molar-refractivity contribution is 5.85. The summed E-state index contributed by atoms with van der Waals surface area (Å²) in [6.45, 7) is 6.21. The van der Waals surface area contributed by atoms with E-state index in [1.807, 2.05) is 13.0 Å². The average molecular weight is 397 g/mol. The molecule has 9 heteroatoms. The van der Waals surface area contributed by atoms with Crippen molar-refractivity contribution in [3.63, 3.8) is 0 Å². The topological polar surface area (TPSA) is 99.0 Å². The van der Waals surface area contributed by atoms with Gasteiger partial charge in [0.25, 0.3) is 0 Å². The number of para-hydroxylation sites is 1. The molecule has 2 aromatic rings. The Morgan fingerprint density at radius 1 is 1.03 bits per heavy atom. The maximum absolute atomic E-state index is 10.3. The van der Waals surface area contributed by atoms with E-state index in [9.17, 15) is 5.11 Å². The van der Waals surface area contributed by atoms with E-state index in [0.29, 0.717) is 35.8 Å². The molecule has 3 heterocycles. The fraction of sp³-hybridized carbons (Fsp3) is 0.500. The Labute approximate surface area is 170 Å². The predicted octanol–water partition coefficient (Wildman–Crippen LogP) is 2.62. The minimum Gasteiger partial charge on any atom is -0.504 e. The van der Waals surface area contributed by atoms with Gasteiger partial charge in [-0.3, -0.25) is 0 Å². The molecule has 2 aliphatic heterocycles. The number of rotatable bonds is 7. The zero-order valence-electron chi connectivity index (χ0n) is 16.7. The molecule has 0 saturated carbocycles. The van der Waals surface area contributed by atoms with E-state index >= 15 is 0 Å². The van der Waals surface area contributed by atoms with Crippen LogP contribution in [0.4, 0.5) is 17.8 Å². The Bertz CT molecular complexity index is 828. The number of phenolic OH excluding ortho intramolecular Hbond substituents is 1. The van der Waals surface area contributed by atoms with Crippen molar-refractivity contribution >= 4 is 24.1 Å². The molecular weight excluding hydrogens is 370 g/mol. The number of anilines is 3. The fourth-order valence-corrected chi connectivity index (χ4v) is 3.60. The molecule has 2 aliphatic rings. The summed E-state index contributed by atoms with van der Waals surface area (Å²) < 4.78 is 5.41. The molecule has 0 radical (unpaired) electrons. The lowest BCUT2D eigenvalue weighted by atomic mass is 10.2. The van der Waals surface area contributed by atoms with E-state index in [1.165, 1.54) is 6.21 Å². The number of phenols is 1. The first-order chi connectivity index (χ1) is 14.2. The minimum absolute atomic E-state index is 0.0612. The maximum Gasteiger partial charge on any atom is 0.250 e. The summed E-state index contributed by atoms with van der Waals surface area (Å²) >= 11 is 0. The summed E-state index contributed by atoms with van der Waals surface area (Å²) in [4.78, 5) is 18.2. The van der Waals surface area contributed by atoms with Crippen molar-refractivity contribution in [3.8, 4) is 11.5 Å². The highest BCUT2D eigenvalue weighted by Gasteiger charge is 2.21. The molecule has 1 aromatic heterocycles. The van der Waals surface area contributed by atoms with Gasteiger partial charge in [0.2, 0.25) is 17.8 Å². The van der Waals surface area contributed by atoms with Gasteiger partial charge < -0.3 is 19.6 Å². The summed E-state index contributed by atoms with van der Waals surface area (Å²) in [5.41, 5.74) is 3.45. The highest BCUT2D eigenvalue weighted by atomic mass is 16.5. The van der Waals surface area contributed by atoms with E-state index in [4.69, 9.17) is 9.72 Å². The quantitative estimate of drug-likeness (QED) is 0.543. The lowest BCUT2D eigenvalue weighted by Crippen LogP contribution is -2.25. The highest BCUT2D eigenvalue weighted by Crippen LogP contribution is 2.28. The van der Waals surface area contributed by atoms with Gasteiger partial charge in [-0.15, -0.1) is 0 Å². The van der Waals surface area contributed by atoms with Crippen LogP contribution in [-0.2, 0) is 0 Å². The molecule has 0 aliphatic carbocycles. The fourth-order valence-electron chi connectivity index (χ4n) is 3.60. The lowest BCUT2D eigenvalue weighted by Gasteiger charge is -2.20. The molecule has 0 bridgehead atoms. The van der Waals surface area contributed by atoms with Crippen molar-refractivity contribution in [1.29, 1.82) is 0 Å². The molecule has 0 atom stereocenters. The number of hydrogen-bond donors (Lipinski definition) is 2. The van der Waals surface area contributed by atoms with Crippen molar-refractivity contribution in [2.24, 2.45) is 5.10 Å². The smallest absolute Gasteiger partial charge is 0.250 e. The third kappa shape index (κ3) is 4.49. The van der Waals surface area contributed by atoms with Crippen LogP contribution in [-0.4, -0.2) is 59.1 Å². The van der Waals surface area contributed by atoms with Crippen LogP contribution in [0.15, 0.2) is 23.3 Å². The molecular formula is C20H27N7O2. The lowest BCUT2D eigenvalue weighted by molar-refractivity contribution is 0.318. The van der Waals surface area contributed by atoms with Crippen LogP contribution in [0.2, 0.25) is 0 Å². The van der Waals surface area contributed by atoms with Gasteiger partial charge >= 0.3 is 0 Å². The Hall–Kier alpha value is -3.10. The van der Waals surface area contributed by atoms with E-state index < -0.39 is 0 Å². The first-order valence-electron chi connectivity index (χ1n) is 10.2. The molecule has 0 spiro atoms. The zero-order valence-corrected chi connectivity index (χ0v) is 16.7. The Morgan fingerprint density at radius 3 is 2.24 bits per heavy atom. The van der Waals surface area contributed by atoms with E-state index in [1.54, 1.807) is 12.1 Å². The van der Waals surface area contributed by atoms with Crippen molar-refractivity contribution in [3.05, 3.63) is 23.8 Å². The number of nitrogens with one attached hydrogen (secondary N) is 1. The van der Waals surface area contributed by atoms with Crippen LogP contribution >= 0.6 is 0 Å². The SMILES string of the molecule is CCOc1cccc(C=NNc2nc(N3CCCC3)nc(N3CCCC3)n2)c1O. The first kappa shape index (κ1) is 19.2. The molecule has 9 nitrogen and oxygen atoms in total. The molecule has 2 fully saturated rings. The maximum atomic E-state index is 10.3. The first-order valence-corrected chi connectivity index (χ1v) is 10.2.